The Labute approximate surface area is 26.0 Å². The first-order valence-electron chi connectivity index (χ1n) is 0.663. The summed E-state index contributed by atoms with van der Waals surface area (Å²) in [6.07, 6.45) is 0. The van der Waals surface area contributed by atoms with E-state index in [-0.39, 0.29) is 0 Å². The van der Waals surface area contributed by atoms with Crippen LogP contribution in [0.2, 0.25) is 0 Å². The van der Waals surface area contributed by atoms with E-state index in [1.165, 1.54) is 5.69 Å². The van der Waals surface area contributed by atoms with Crippen LogP contribution in [0.1, 0.15) is 0 Å². The van der Waals surface area contributed by atoms with Crippen molar-refractivity contribution in [3.63, 3.8) is 0 Å². The van der Waals surface area contributed by atoms with Crippen LogP contribution in [0.3, 0.4) is 0 Å². The Bertz CT molecular complexity index is 37.8. The molecular formula is CFNSi. The van der Waals surface area contributed by atoms with E-state index in [0.717, 1.165) is 0 Å². The van der Waals surface area contributed by atoms with Gasteiger partial charge in [-0.2, -0.15) is 0 Å². The molecule has 2 radical (unpaired) electrons. The fourth-order valence-corrected chi connectivity index (χ4v) is 0. The van der Waals surface area contributed by atoms with Crippen molar-refractivity contribution in [1.82, 2.24) is 0 Å². The summed E-state index contributed by atoms with van der Waals surface area (Å²) in [4.78, 5) is 0. The molecule has 3 heteroatoms. The summed E-state index contributed by atoms with van der Waals surface area (Å²) in [5, 5.41) is 7.26. The van der Waals surface area contributed by atoms with E-state index >= 15 is 0 Å². The molecule has 0 unspecified atom stereocenters. The Morgan fingerprint density at radius 2 is 2.25 bits per heavy atom. The van der Waals surface area contributed by atoms with Gasteiger partial charge in [0, 0.05) is 0 Å². The minimum atomic E-state index is -1.05. The van der Waals surface area contributed by atoms with Crippen LogP contribution in [0.25, 0.3) is 0 Å². The normalized spacial score (nSPS) is 5.00. The molecule has 0 aliphatic rings. The SMILES string of the molecule is N#C[Si]F. The van der Waals surface area contributed by atoms with Gasteiger partial charge in [0.05, 0.1) is 5.69 Å². The monoisotopic (exact) mass is 73.0 g/mol. The zero-order chi connectivity index (χ0) is 3.41. The predicted molar refractivity (Wildman–Crippen MR) is 12.5 cm³/mol. The van der Waals surface area contributed by atoms with Crippen LogP contribution in [0.15, 0.2) is 0 Å². The third kappa shape index (κ3) is 1.64. The van der Waals surface area contributed by atoms with Crippen LogP contribution in [0.5, 0.6) is 0 Å². The summed E-state index contributed by atoms with van der Waals surface area (Å²) in [6, 6.07) is 0. The third-order valence-electron chi connectivity index (χ3n) is 0.0423. The molecule has 0 aromatic rings. The predicted octanol–water partition coefficient (Wildman–Crippen LogP) is 0.0562. The molecule has 0 aromatic heterocycles. The molecule has 0 N–H and O–H groups in total. The topological polar surface area (TPSA) is 23.8 Å². The van der Waals surface area contributed by atoms with Crippen LogP contribution >= 0.6 is 0 Å². The average Bonchev–Trinajstić information content (AvgIpc) is 1.37. The van der Waals surface area contributed by atoms with Gasteiger partial charge < -0.3 is 0 Å². The Morgan fingerprint density at radius 1 is 2.00 bits per heavy atom. The van der Waals surface area contributed by atoms with Gasteiger partial charge in [-0.1, -0.05) is 0 Å². The zero-order valence-electron chi connectivity index (χ0n) is 1.83. The van der Waals surface area contributed by atoms with Crippen LogP contribution in [0, 0.1) is 11.0 Å². The van der Waals surface area contributed by atoms with E-state index in [0.29, 0.717) is 0 Å². The van der Waals surface area contributed by atoms with E-state index in [4.69, 9.17) is 5.26 Å². The molecule has 0 spiro atoms. The number of hydrogen-bond acceptors (Lipinski definition) is 1. The maximum Gasteiger partial charge on any atom is 0.429 e. The molecule has 0 aromatic carbocycles. The molecule has 0 atom stereocenters. The molecule has 0 saturated carbocycles. The van der Waals surface area contributed by atoms with E-state index in [2.05, 4.69) is 0 Å². The summed E-state index contributed by atoms with van der Waals surface area (Å²) in [6.45, 7) is 0. The molecule has 4 heavy (non-hydrogen) atoms. The molecule has 0 bridgehead atoms. The van der Waals surface area contributed by atoms with Crippen molar-refractivity contribution in [3.05, 3.63) is 0 Å². The first kappa shape index (κ1) is 3.64. The average molecular weight is 73.1 g/mol. The molecule has 20 valence electrons. The second-order valence-electron chi connectivity index (χ2n) is 0.206. The Morgan fingerprint density at radius 3 is 2.25 bits per heavy atom. The smallest absolute Gasteiger partial charge is 0.294 e. The van der Waals surface area contributed by atoms with E-state index in [1.807, 2.05) is 0 Å². The zero-order valence-corrected chi connectivity index (χ0v) is 2.83. The van der Waals surface area contributed by atoms with Gasteiger partial charge in [-0.05, 0) is 0 Å². The van der Waals surface area contributed by atoms with Gasteiger partial charge in [0.1, 0.15) is 0 Å². The molecule has 0 amide bonds. The number of halogens is 1. The second-order valence-corrected chi connectivity index (χ2v) is 0.619. The van der Waals surface area contributed by atoms with Gasteiger partial charge in [-0.15, -0.1) is 0 Å². The minimum Gasteiger partial charge on any atom is -0.294 e. The maximum atomic E-state index is 10.4. The number of hydrogen-bond donors (Lipinski definition) is 0. The van der Waals surface area contributed by atoms with Gasteiger partial charge in [0.2, 0.25) is 0 Å². The van der Waals surface area contributed by atoms with E-state index < -0.39 is 9.85 Å². The van der Waals surface area contributed by atoms with Crippen molar-refractivity contribution in [2.24, 2.45) is 0 Å². The lowest BCUT2D eigenvalue weighted by atomic mass is 11.8. The molecule has 0 saturated heterocycles. The summed E-state index contributed by atoms with van der Waals surface area (Å²) in [5.41, 5.74) is 1.29. The van der Waals surface area contributed by atoms with Crippen molar-refractivity contribution in [1.29, 1.82) is 5.26 Å². The van der Waals surface area contributed by atoms with Crippen molar-refractivity contribution in [3.8, 4) is 5.69 Å². The van der Waals surface area contributed by atoms with Gasteiger partial charge in [0.25, 0.3) is 0 Å². The number of rotatable bonds is 0. The molecule has 0 aliphatic carbocycles. The van der Waals surface area contributed by atoms with Crippen molar-refractivity contribution >= 4 is 9.85 Å². The van der Waals surface area contributed by atoms with Crippen LogP contribution in [-0.4, -0.2) is 9.85 Å². The van der Waals surface area contributed by atoms with Gasteiger partial charge in [0.15, 0.2) is 0 Å². The minimum absolute atomic E-state index is 1.05. The number of nitrogens with zero attached hydrogens (tertiary/aromatic N) is 1. The summed E-state index contributed by atoms with van der Waals surface area (Å²) >= 11 is 0. The summed E-state index contributed by atoms with van der Waals surface area (Å²) in [5.74, 6) is 0. The highest BCUT2D eigenvalue weighted by Gasteiger charge is 1.65. The Balaban J connectivity index is 2.43. The van der Waals surface area contributed by atoms with E-state index in [1.54, 1.807) is 0 Å². The van der Waals surface area contributed by atoms with Gasteiger partial charge in [-0.25, -0.2) is 5.26 Å². The highest BCUT2D eigenvalue weighted by Crippen LogP contribution is 1.44. The van der Waals surface area contributed by atoms with E-state index in [9.17, 15) is 4.11 Å². The fraction of sp³-hybridized carbons (Fsp3) is 0. The molecule has 1 nitrogen and oxygen atoms in total. The first-order valence-corrected chi connectivity index (χ1v) is 1.54. The van der Waals surface area contributed by atoms with Crippen LogP contribution in [-0.2, 0) is 0 Å². The molecule has 0 heterocycles. The highest BCUT2D eigenvalue weighted by atomic mass is 28.3. The van der Waals surface area contributed by atoms with Crippen molar-refractivity contribution in [2.75, 3.05) is 0 Å². The molecule has 0 rings (SSSR count). The quantitative estimate of drug-likeness (QED) is 0.294. The van der Waals surface area contributed by atoms with Crippen molar-refractivity contribution < 1.29 is 4.11 Å². The Hall–Kier alpha value is -0.363. The van der Waals surface area contributed by atoms with Crippen LogP contribution in [0.4, 0.5) is 4.11 Å². The summed E-state index contributed by atoms with van der Waals surface area (Å²) < 4.78 is 10.4. The standard InChI is InChI=1S/CFNSi/c2-4-1-3. The summed E-state index contributed by atoms with van der Waals surface area (Å²) in [7, 11) is -1.05. The second kappa shape index (κ2) is 2.64. The maximum absolute atomic E-state index is 10.4. The lowest BCUT2D eigenvalue weighted by molar-refractivity contribution is 0.885. The van der Waals surface area contributed by atoms with Gasteiger partial charge >= 0.3 is 9.85 Å². The largest absolute Gasteiger partial charge is 0.429 e. The third-order valence-corrected chi connectivity index (χ3v) is 0.127. The van der Waals surface area contributed by atoms with Crippen molar-refractivity contribution in [2.45, 2.75) is 0 Å². The van der Waals surface area contributed by atoms with Crippen LogP contribution < -0.4 is 0 Å². The fourth-order valence-electron chi connectivity index (χ4n) is 0. The molecular weight excluding hydrogens is 73.1 g/mol. The highest BCUT2D eigenvalue weighted by molar-refractivity contribution is 6.36. The van der Waals surface area contributed by atoms with Gasteiger partial charge in [-0.3, -0.25) is 4.11 Å². The lowest BCUT2D eigenvalue weighted by Gasteiger charge is -1.37. The molecule has 0 aliphatic heterocycles. The Kier molecular flexibility index (Phi) is 2.40. The number of nitriles is 1. The molecule has 0 fully saturated rings. The first-order chi connectivity index (χ1) is 1.91. The lowest BCUT2D eigenvalue weighted by Crippen LogP contribution is -1.60.